The highest BCUT2D eigenvalue weighted by atomic mass is 35.5. The zero-order chi connectivity index (χ0) is 24.5. The molecule has 1 aliphatic heterocycles. The molecule has 7 nitrogen and oxygen atoms in total. The van der Waals surface area contributed by atoms with Crippen molar-refractivity contribution in [2.75, 3.05) is 11.9 Å². The Bertz CT molecular complexity index is 1460. The van der Waals surface area contributed by atoms with Gasteiger partial charge in [-0.25, -0.2) is 4.98 Å². The Morgan fingerprint density at radius 3 is 2.60 bits per heavy atom. The minimum atomic E-state index is -0.920. The quantitative estimate of drug-likeness (QED) is 0.317. The van der Waals surface area contributed by atoms with Crippen molar-refractivity contribution in [1.82, 2.24) is 4.98 Å². The Morgan fingerprint density at radius 2 is 1.83 bits per heavy atom. The summed E-state index contributed by atoms with van der Waals surface area (Å²) in [6.45, 7) is 0.300. The topological polar surface area (TPSA) is 97.8 Å². The smallest absolute Gasteiger partial charge is 0.311 e. The predicted molar refractivity (Wildman–Crippen MR) is 133 cm³/mol. The molecule has 1 amide bonds. The summed E-state index contributed by atoms with van der Waals surface area (Å²) in [5.74, 6) is -0.273. The predicted octanol–water partition coefficient (Wildman–Crippen LogP) is 6.54. The summed E-state index contributed by atoms with van der Waals surface area (Å²) in [4.78, 5) is 28.6. The molecule has 0 bridgehead atoms. The van der Waals surface area contributed by atoms with Gasteiger partial charge in [-0.3, -0.25) is 9.59 Å². The van der Waals surface area contributed by atoms with Crippen molar-refractivity contribution >= 4 is 51.8 Å². The number of hydrogen-bond donors (Lipinski definition) is 2. The molecule has 0 radical (unpaired) electrons. The lowest BCUT2D eigenvalue weighted by molar-refractivity contribution is -0.139. The van der Waals surface area contributed by atoms with E-state index in [-0.39, 0.29) is 10.9 Å². The average Bonchev–Trinajstić information content (AvgIpc) is 2.84. The molecule has 3 aromatic carbocycles. The van der Waals surface area contributed by atoms with E-state index in [9.17, 15) is 14.7 Å². The fourth-order valence-corrected chi connectivity index (χ4v) is 4.27. The Balaban J connectivity index is 1.30. The number of anilines is 1. The largest absolute Gasteiger partial charge is 0.493 e. The molecule has 4 aromatic rings. The fraction of sp³-hybridized carbons (Fsp3) is 0.115. The second kappa shape index (κ2) is 9.44. The molecule has 0 saturated carbocycles. The van der Waals surface area contributed by atoms with Crippen LogP contribution < -0.4 is 14.8 Å². The molecule has 0 aliphatic carbocycles. The number of nitrogens with one attached hydrogen (secondary N) is 1. The number of amides is 1. The van der Waals surface area contributed by atoms with Gasteiger partial charge in [0, 0.05) is 27.6 Å². The Kier molecular flexibility index (Phi) is 6.19. The Labute approximate surface area is 210 Å². The van der Waals surface area contributed by atoms with Gasteiger partial charge in [0.2, 0.25) is 0 Å². The number of carboxylic acid groups (broad SMARTS) is 1. The maximum atomic E-state index is 12.7. The summed E-state index contributed by atoms with van der Waals surface area (Å²) in [7, 11) is 0. The minimum Gasteiger partial charge on any atom is -0.493 e. The molecule has 2 N–H and O–H groups in total. The van der Waals surface area contributed by atoms with E-state index in [1.54, 1.807) is 60.7 Å². The van der Waals surface area contributed by atoms with Gasteiger partial charge >= 0.3 is 5.97 Å². The third-order valence-electron chi connectivity index (χ3n) is 5.64. The van der Waals surface area contributed by atoms with E-state index in [1.807, 2.05) is 6.07 Å². The molecule has 1 aliphatic rings. The van der Waals surface area contributed by atoms with Crippen LogP contribution in [0.2, 0.25) is 10.0 Å². The van der Waals surface area contributed by atoms with Crippen molar-refractivity contribution < 1.29 is 24.2 Å². The fourth-order valence-electron chi connectivity index (χ4n) is 3.88. The summed E-state index contributed by atoms with van der Waals surface area (Å²) in [6.07, 6.45) is 0.380. The molecule has 0 saturated heterocycles. The monoisotopic (exact) mass is 508 g/mol. The van der Waals surface area contributed by atoms with Crippen molar-refractivity contribution in [1.29, 1.82) is 0 Å². The standard InChI is InChI=1S/C26H18Cl2N2O5/c27-16-4-7-21-15(11-16)3-8-24(29-21)30-25(31)14-1-5-17(6-2-14)35-23-13-22-19(12-20(23)28)18(26(32)33)9-10-34-22/h1-8,11-13,18H,9-10H2,(H,32,33)(H,29,30,31)/t18-/m1/s1. The number of pyridine rings is 1. The van der Waals surface area contributed by atoms with Crippen LogP contribution in [-0.2, 0) is 4.79 Å². The molecule has 9 heteroatoms. The molecule has 0 fully saturated rings. The third-order valence-corrected chi connectivity index (χ3v) is 6.17. The van der Waals surface area contributed by atoms with Gasteiger partial charge in [-0.2, -0.15) is 0 Å². The average molecular weight is 509 g/mol. The highest BCUT2D eigenvalue weighted by Gasteiger charge is 2.29. The number of halogens is 2. The second-order valence-electron chi connectivity index (χ2n) is 7.96. The summed E-state index contributed by atoms with van der Waals surface area (Å²) < 4.78 is 11.5. The van der Waals surface area contributed by atoms with Gasteiger partial charge in [0.15, 0.2) is 0 Å². The van der Waals surface area contributed by atoms with Crippen LogP contribution in [0.25, 0.3) is 10.9 Å². The summed E-state index contributed by atoms with van der Waals surface area (Å²) in [5.41, 5.74) is 1.66. The first-order chi connectivity index (χ1) is 16.9. The van der Waals surface area contributed by atoms with Gasteiger partial charge < -0.3 is 19.9 Å². The molecule has 176 valence electrons. The van der Waals surface area contributed by atoms with Gasteiger partial charge in [-0.05, 0) is 67.1 Å². The van der Waals surface area contributed by atoms with Crippen LogP contribution in [0.5, 0.6) is 17.2 Å². The first-order valence-corrected chi connectivity index (χ1v) is 11.5. The molecular weight excluding hydrogens is 491 g/mol. The highest BCUT2D eigenvalue weighted by Crippen LogP contribution is 2.41. The van der Waals surface area contributed by atoms with Crippen LogP contribution >= 0.6 is 23.2 Å². The van der Waals surface area contributed by atoms with Crippen LogP contribution in [0.1, 0.15) is 28.3 Å². The summed E-state index contributed by atoms with van der Waals surface area (Å²) in [6, 6.07) is 18.6. The SMILES string of the molecule is O=C(Nc1ccc2cc(Cl)ccc2n1)c1ccc(Oc2cc3c(cc2Cl)[C@H](C(=O)O)CCO3)cc1. The van der Waals surface area contributed by atoms with Gasteiger partial charge in [0.1, 0.15) is 23.1 Å². The van der Waals surface area contributed by atoms with Gasteiger partial charge in [-0.1, -0.05) is 23.2 Å². The van der Waals surface area contributed by atoms with Crippen LogP contribution in [0.15, 0.2) is 66.7 Å². The number of ether oxygens (including phenoxy) is 2. The van der Waals surface area contributed by atoms with Crippen LogP contribution in [-0.4, -0.2) is 28.6 Å². The van der Waals surface area contributed by atoms with E-state index in [4.69, 9.17) is 32.7 Å². The van der Waals surface area contributed by atoms with E-state index in [1.165, 1.54) is 0 Å². The summed E-state index contributed by atoms with van der Waals surface area (Å²) in [5, 5.41) is 14.0. The molecule has 1 aromatic heterocycles. The number of fused-ring (bicyclic) bond motifs is 2. The molecular formula is C26H18Cl2N2O5. The molecule has 5 rings (SSSR count). The number of benzene rings is 3. The zero-order valence-corrected chi connectivity index (χ0v) is 19.6. The highest BCUT2D eigenvalue weighted by molar-refractivity contribution is 6.32. The van der Waals surface area contributed by atoms with Crippen molar-refractivity contribution in [3.8, 4) is 17.2 Å². The maximum Gasteiger partial charge on any atom is 0.311 e. The van der Waals surface area contributed by atoms with E-state index < -0.39 is 11.9 Å². The van der Waals surface area contributed by atoms with Gasteiger partial charge in [0.05, 0.1) is 23.1 Å². The van der Waals surface area contributed by atoms with E-state index in [0.29, 0.717) is 52.2 Å². The van der Waals surface area contributed by atoms with Gasteiger partial charge in [-0.15, -0.1) is 0 Å². The first-order valence-electron chi connectivity index (χ1n) is 10.7. The molecule has 2 heterocycles. The van der Waals surface area contributed by atoms with E-state index in [2.05, 4.69) is 10.3 Å². The third kappa shape index (κ3) is 4.87. The molecule has 0 spiro atoms. The number of hydrogen-bond acceptors (Lipinski definition) is 5. The van der Waals surface area contributed by atoms with Crippen LogP contribution in [0.4, 0.5) is 5.82 Å². The molecule has 1 atom stereocenters. The Hall–Kier alpha value is -3.81. The van der Waals surface area contributed by atoms with Crippen molar-refractivity contribution in [2.45, 2.75) is 12.3 Å². The number of carbonyl (C=O) groups excluding carboxylic acids is 1. The van der Waals surface area contributed by atoms with Gasteiger partial charge in [0.25, 0.3) is 5.91 Å². The van der Waals surface area contributed by atoms with Crippen molar-refractivity contribution in [2.24, 2.45) is 0 Å². The number of carbonyl (C=O) groups is 2. The molecule has 35 heavy (non-hydrogen) atoms. The van der Waals surface area contributed by atoms with Crippen molar-refractivity contribution in [3.63, 3.8) is 0 Å². The first kappa shape index (κ1) is 23.0. The van der Waals surface area contributed by atoms with E-state index >= 15 is 0 Å². The second-order valence-corrected chi connectivity index (χ2v) is 8.81. The summed E-state index contributed by atoms with van der Waals surface area (Å²) >= 11 is 12.4. The number of rotatable bonds is 5. The molecule has 0 unspecified atom stereocenters. The Morgan fingerprint density at radius 1 is 1.03 bits per heavy atom. The van der Waals surface area contributed by atoms with Crippen molar-refractivity contribution in [3.05, 3.63) is 87.9 Å². The number of carboxylic acids is 1. The maximum absolute atomic E-state index is 12.7. The zero-order valence-electron chi connectivity index (χ0n) is 18.1. The lowest BCUT2D eigenvalue weighted by atomic mass is 9.93. The van der Waals surface area contributed by atoms with E-state index in [0.717, 1.165) is 10.9 Å². The minimum absolute atomic E-state index is 0.269. The van der Waals surface area contributed by atoms with Crippen LogP contribution in [0.3, 0.4) is 0 Å². The number of aromatic nitrogens is 1. The van der Waals surface area contributed by atoms with Crippen LogP contribution in [0, 0.1) is 0 Å². The lowest BCUT2D eigenvalue weighted by Gasteiger charge is -2.24. The normalized spacial score (nSPS) is 14.6. The number of nitrogens with zero attached hydrogens (tertiary/aromatic N) is 1. The lowest BCUT2D eigenvalue weighted by Crippen LogP contribution is -2.20. The number of aliphatic carboxylic acids is 1.